The first-order chi connectivity index (χ1) is 12.1. The highest BCUT2D eigenvalue weighted by Crippen LogP contribution is 2.26. The Morgan fingerprint density at radius 2 is 1.80 bits per heavy atom. The van der Waals surface area contributed by atoms with Gasteiger partial charge in [-0.05, 0) is 50.1 Å². The van der Waals surface area contributed by atoms with E-state index in [1.807, 2.05) is 56.4 Å². The first-order valence-corrected chi connectivity index (χ1v) is 8.65. The number of nitrogens with zero attached hydrogens (tertiary/aromatic N) is 2. The second-order valence-corrected chi connectivity index (χ2v) is 6.72. The summed E-state index contributed by atoms with van der Waals surface area (Å²) < 4.78 is 2.28. The monoisotopic (exact) mass is 331 g/mol. The number of nitrogens with one attached hydrogen (secondary N) is 1. The molecule has 126 valence electrons. The Bertz CT molecular complexity index is 918. The van der Waals surface area contributed by atoms with E-state index in [-0.39, 0.29) is 5.91 Å². The molecule has 4 nitrogen and oxygen atoms in total. The molecule has 0 spiro atoms. The lowest BCUT2D eigenvalue weighted by atomic mass is 10.1. The van der Waals surface area contributed by atoms with Gasteiger partial charge in [0.1, 0.15) is 5.82 Å². The van der Waals surface area contributed by atoms with Gasteiger partial charge >= 0.3 is 0 Å². The van der Waals surface area contributed by atoms with Crippen LogP contribution in [0.5, 0.6) is 0 Å². The van der Waals surface area contributed by atoms with Crippen molar-refractivity contribution < 1.29 is 4.79 Å². The van der Waals surface area contributed by atoms with Crippen molar-refractivity contribution in [1.29, 1.82) is 0 Å². The molecule has 1 N–H and O–H groups in total. The molecule has 25 heavy (non-hydrogen) atoms. The molecule has 0 saturated heterocycles. The molecule has 0 fully saturated rings. The molecule has 2 aromatic carbocycles. The van der Waals surface area contributed by atoms with Gasteiger partial charge in [0.15, 0.2) is 0 Å². The van der Waals surface area contributed by atoms with Crippen LogP contribution < -0.4 is 5.32 Å². The molecule has 4 heteroatoms. The van der Waals surface area contributed by atoms with Crippen molar-refractivity contribution in [3.05, 3.63) is 71.2 Å². The van der Waals surface area contributed by atoms with E-state index in [9.17, 15) is 4.79 Å². The lowest BCUT2D eigenvalue weighted by molar-refractivity contribution is 0.102. The van der Waals surface area contributed by atoms with Crippen LogP contribution in [0, 0.1) is 13.8 Å². The van der Waals surface area contributed by atoms with Gasteiger partial charge in [-0.1, -0.05) is 29.3 Å². The summed E-state index contributed by atoms with van der Waals surface area (Å²) in [6, 6.07) is 13.9. The fourth-order valence-electron chi connectivity index (χ4n) is 3.52. The number of anilines is 1. The molecule has 4 rings (SSSR count). The van der Waals surface area contributed by atoms with Crippen molar-refractivity contribution in [2.24, 2.45) is 0 Å². The second kappa shape index (κ2) is 6.20. The van der Waals surface area contributed by atoms with Gasteiger partial charge in [0, 0.05) is 24.2 Å². The van der Waals surface area contributed by atoms with Crippen LogP contribution in [0.25, 0.3) is 11.3 Å². The van der Waals surface area contributed by atoms with Crippen molar-refractivity contribution in [2.45, 2.75) is 33.2 Å². The molecule has 1 aromatic heterocycles. The number of benzene rings is 2. The molecule has 1 aliphatic rings. The Labute approximate surface area is 147 Å². The maximum atomic E-state index is 12.5. The molecule has 1 amide bonds. The maximum absolute atomic E-state index is 12.5. The van der Waals surface area contributed by atoms with Crippen LogP contribution in [0.2, 0.25) is 0 Å². The van der Waals surface area contributed by atoms with E-state index in [0.29, 0.717) is 5.56 Å². The van der Waals surface area contributed by atoms with Crippen LogP contribution in [0.1, 0.15) is 33.7 Å². The number of fused-ring (bicyclic) bond motifs is 1. The van der Waals surface area contributed by atoms with Crippen LogP contribution >= 0.6 is 0 Å². The molecule has 3 aromatic rings. The van der Waals surface area contributed by atoms with E-state index in [1.54, 1.807) is 0 Å². The third-order valence-corrected chi connectivity index (χ3v) is 4.64. The van der Waals surface area contributed by atoms with Gasteiger partial charge in [-0.15, -0.1) is 0 Å². The topological polar surface area (TPSA) is 46.9 Å². The van der Waals surface area contributed by atoms with Gasteiger partial charge in [-0.25, -0.2) is 4.98 Å². The zero-order chi connectivity index (χ0) is 17.4. The highest BCUT2D eigenvalue weighted by molar-refractivity contribution is 6.04. The van der Waals surface area contributed by atoms with Gasteiger partial charge in [0.2, 0.25) is 0 Å². The first-order valence-electron chi connectivity index (χ1n) is 8.65. The van der Waals surface area contributed by atoms with Crippen molar-refractivity contribution in [1.82, 2.24) is 9.55 Å². The second-order valence-electron chi connectivity index (χ2n) is 6.72. The summed E-state index contributed by atoms with van der Waals surface area (Å²) in [6.07, 6.45) is 4.17. The fourth-order valence-corrected chi connectivity index (χ4v) is 3.52. The SMILES string of the molecule is Cc1cc(C)cc(C(=O)Nc2ccc(-c3cnc4n3CCC4)cc2)c1. The number of carbonyl (C=O) groups excluding carboxylic acids is 1. The van der Waals surface area contributed by atoms with Crippen LogP contribution in [0.4, 0.5) is 5.69 Å². The number of amides is 1. The minimum atomic E-state index is -0.0789. The Hall–Kier alpha value is -2.88. The van der Waals surface area contributed by atoms with Crippen molar-refractivity contribution in [2.75, 3.05) is 5.32 Å². The Balaban J connectivity index is 1.53. The van der Waals surface area contributed by atoms with E-state index in [1.165, 1.54) is 12.2 Å². The number of hydrogen-bond acceptors (Lipinski definition) is 2. The number of hydrogen-bond donors (Lipinski definition) is 1. The van der Waals surface area contributed by atoms with Crippen molar-refractivity contribution in [3.63, 3.8) is 0 Å². The summed E-state index contributed by atoms with van der Waals surface area (Å²) >= 11 is 0. The third kappa shape index (κ3) is 3.07. The molecule has 0 bridgehead atoms. The van der Waals surface area contributed by atoms with Crippen LogP contribution in [-0.4, -0.2) is 15.5 Å². The van der Waals surface area contributed by atoms with Gasteiger partial charge in [-0.2, -0.15) is 0 Å². The zero-order valence-corrected chi connectivity index (χ0v) is 14.5. The Morgan fingerprint density at radius 1 is 1.08 bits per heavy atom. The zero-order valence-electron chi connectivity index (χ0n) is 14.5. The molecule has 0 unspecified atom stereocenters. The lowest BCUT2D eigenvalue weighted by Gasteiger charge is -2.09. The van der Waals surface area contributed by atoms with Crippen molar-refractivity contribution in [3.8, 4) is 11.3 Å². The minimum Gasteiger partial charge on any atom is -0.328 e. The number of carbonyl (C=O) groups is 1. The lowest BCUT2D eigenvalue weighted by Crippen LogP contribution is -2.12. The minimum absolute atomic E-state index is 0.0789. The number of aromatic nitrogens is 2. The normalized spacial score (nSPS) is 12.9. The van der Waals surface area contributed by atoms with Gasteiger partial charge in [-0.3, -0.25) is 4.79 Å². The van der Waals surface area contributed by atoms with E-state index >= 15 is 0 Å². The molecule has 0 atom stereocenters. The predicted molar refractivity (Wildman–Crippen MR) is 99.9 cm³/mol. The highest BCUT2D eigenvalue weighted by atomic mass is 16.1. The summed E-state index contributed by atoms with van der Waals surface area (Å²) in [5.41, 5.74) is 5.96. The van der Waals surface area contributed by atoms with E-state index in [4.69, 9.17) is 0 Å². The highest BCUT2D eigenvalue weighted by Gasteiger charge is 2.16. The summed E-state index contributed by atoms with van der Waals surface area (Å²) in [4.78, 5) is 17.0. The first kappa shape index (κ1) is 15.6. The van der Waals surface area contributed by atoms with E-state index in [2.05, 4.69) is 20.9 Å². The summed E-state index contributed by atoms with van der Waals surface area (Å²) in [7, 11) is 0. The number of aryl methyl sites for hydroxylation is 3. The van der Waals surface area contributed by atoms with E-state index < -0.39 is 0 Å². The van der Waals surface area contributed by atoms with Crippen LogP contribution in [-0.2, 0) is 13.0 Å². The molecule has 0 radical (unpaired) electrons. The Morgan fingerprint density at radius 3 is 2.52 bits per heavy atom. The summed E-state index contributed by atoms with van der Waals surface area (Å²) in [5.74, 6) is 1.09. The molecular weight excluding hydrogens is 310 g/mol. The largest absolute Gasteiger partial charge is 0.328 e. The molecule has 1 aliphatic heterocycles. The molecule has 2 heterocycles. The standard InChI is InChI=1S/C21H21N3O/c1-14-10-15(2)12-17(11-14)21(25)23-18-7-5-16(6-8-18)19-13-22-20-4-3-9-24(19)20/h5-8,10-13H,3-4,9H2,1-2H3,(H,23,25). The summed E-state index contributed by atoms with van der Waals surface area (Å²) in [5, 5.41) is 2.98. The number of imidazole rings is 1. The fraction of sp³-hybridized carbons (Fsp3) is 0.238. The van der Waals surface area contributed by atoms with Crippen molar-refractivity contribution >= 4 is 11.6 Å². The van der Waals surface area contributed by atoms with Gasteiger partial charge in [0.05, 0.1) is 11.9 Å². The van der Waals surface area contributed by atoms with Gasteiger partial charge in [0.25, 0.3) is 5.91 Å². The Kier molecular flexibility index (Phi) is 3.88. The van der Waals surface area contributed by atoms with E-state index in [0.717, 1.165) is 41.0 Å². The molecular formula is C21H21N3O. The molecule has 0 saturated carbocycles. The van der Waals surface area contributed by atoms with Crippen LogP contribution in [0.15, 0.2) is 48.7 Å². The summed E-state index contributed by atoms with van der Waals surface area (Å²) in [6.45, 7) is 5.04. The number of rotatable bonds is 3. The smallest absolute Gasteiger partial charge is 0.255 e. The average molecular weight is 331 g/mol. The third-order valence-electron chi connectivity index (χ3n) is 4.64. The van der Waals surface area contributed by atoms with Crippen LogP contribution in [0.3, 0.4) is 0 Å². The average Bonchev–Trinajstić information content (AvgIpc) is 3.18. The molecule has 0 aliphatic carbocycles. The predicted octanol–water partition coefficient (Wildman–Crippen LogP) is 4.37. The maximum Gasteiger partial charge on any atom is 0.255 e. The quantitative estimate of drug-likeness (QED) is 0.775. The van der Waals surface area contributed by atoms with Gasteiger partial charge < -0.3 is 9.88 Å².